The Labute approximate surface area is 197 Å². The van der Waals surface area contributed by atoms with E-state index in [2.05, 4.69) is 34.3 Å². The van der Waals surface area contributed by atoms with Crippen molar-refractivity contribution in [1.82, 2.24) is 20.4 Å². The van der Waals surface area contributed by atoms with Gasteiger partial charge in [-0.05, 0) is 44.0 Å². The Morgan fingerprint density at radius 3 is 2.50 bits per heavy atom. The molecule has 1 unspecified atom stereocenters. The maximum absolute atomic E-state index is 13.4. The van der Waals surface area contributed by atoms with Crippen LogP contribution < -0.4 is 10.6 Å². The van der Waals surface area contributed by atoms with E-state index in [0.29, 0.717) is 6.54 Å². The van der Waals surface area contributed by atoms with E-state index in [1.165, 1.54) is 25.0 Å². The number of guanidine groups is 1. The van der Waals surface area contributed by atoms with Gasteiger partial charge in [0, 0.05) is 38.8 Å². The minimum atomic E-state index is -0.205. The summed E-state index contributed by atoms with van der Waals surface area (Å²) in [6.45, 7) is 12.0. The number of benzene rings is 1. The summed E-state index contributed by atoms with van der Waals surface area (Å²) in [5.41, 5.74) is 1.10. The number of likely N-dealkylation sites (N-methyl/N-ethyl adjacent to an activating group) is 1. The second-order valence-corrected chi connectivity index (χ2v) is 7.72. The molecule has 170 valence electrons. The average molecular weight is 533 g/mol. The molecule has 2 fully saturated rings. The van der Waals surface area contributed by atoms with Crippen molar-refractivity contribution in [1.29, 1.82) is 0 Å². The van der Waals surface area contributed by atoms with Crippen molar-refractivity contribution in [3.05, 3.63) is 35.6 Å². The van der Waals surface area contributed by atoms with Crippen LogP contribution in [0.5, 0.6) is 0 Å². The maximum atomic E-state index is 13.4. The summed E-state index contributed by atoms with van der Waals surface area (Å²) < 4.78 is 18.9. The Morgan fingerprint density at radius 1 is 1.20 bits per heavy atom. The molecule has 8 heteroatoms. The molecule has 1 aliphatic carbocycles. The molecular weight excluding hydrogens is 496 g/mol. The van der Waals surface area contributed by atoms with Crippen molar-refractivity contribution >= 4 is 29.9 Å². The zero-order valence-corrected chi connectivity index (χ0v) is 20.6. The van der Waals surface area contributed by atoms with Gasteiger partial charge in [0.25, 0.3) is 0 Å². The number of aliphatic imine (C=N–C) groups is 1. The predicted molar refractivity (Wildman–Crippen MR) is 131 cm³/mol. The van der Waals surface area contributed by atoms with E-state index in [1.807, 2.05) is 12.1 Å². The van der Waals surface area contributed by atoms with Crippen LogP contribution in [0.4, 0.5) is 4.39 Å². The van der Waals surface area contributed by atoms with Crippen LogP contribution in [0.2, 0.25) is 0 Å². The quantitative estimate of drug-likeness (QED) is 0.275. The highest BCUT2D eigenvalue weighted by atomic mass is 127. The molecule has 1 heterocycles. The van der Waals surface area contributed by atoms with Crippen LogP contribution in [0.15, 0.2) is 29.3 Å². The number of hydrogen-bond donors (Lipinski definition) is 2. The van der Waals surface area contributed by atoms with Crippen molar-refractivity contribution in [2.45, 2.75) is 38.8 Å². The molecule has 0 spiro atoms. The highest BCUT2D eigenvalue weighted by Crippen LogP contribution is 2.26. The van der Waals surface area contributed by atoms with Crippen molar-refractivity contribution in [2.24, 2.45) is 4.99 Å². The van der Waals surface area contributed by atoms with E-state index in [9.17, 15) is 4.39 Å². The van der Waals surface area contributed by atoms with Gasteiger partial charge in [-0.2, -0.15) is 0 Å². The summed E-state index contributed by atoms with van der Waals surface area (Å²) in [6, 6.07) is 7.72. The second-order valence-electron chi connectivity index (χ2n) is 7.72. The summed E-state index contributed by atoms with van der Waals surface area (Å²) in [5, 5.41) is 6.84. The van der Waals surface area contributed by atoms with Crippen LogP contribution in [0.25, 0.3) is 0 Å². The molecule has 6 nitrogen and oxygen atoms in total. The SMILES string of the molecule is CCNC(=NCC(c1ccc(F)cc1)N1CCOCC1)NCCN(CC)C1CC1.I. The molecule has 1 aromatic carbocycles. The fourth-order valence-corrected chi connectivity index (χ4v) is 3.88. The minimum absolute atomic E-state index is 0. The molecule has 1 saturated carbocycles. The van der Waals surface area contributed by atoms with E-state index in [-0.39, 0.29) is 35.8 Å². The number of nitrogens with zero attached hydrogens (tertiary/aromatic N) is 3. The largest absolute Gasteiger partial charge is 0.379 e. The van der Waals surface area contributed by atoms with E-state index >= 15 is 0 Å². The van der Waals surface area contributed by atoms with Gasteiger partial charge in [0.05, 0.1) is 25.8 Å². The van der Waals surface area contributed by atoms with Crippen LogP contribution in [0.3, 0.4) is 0 Å². The summed E-state index contributed by atoms with van der Waals surface area (Å²) in [6.07, 6.45) is 2.67. The molecule has 0 radical (unpaired) electrons. The average Bonchev–Trinajstić information content (AvgIpc) is 3.58. The zero-order valence-electron chi connectivity index (χ0n) is 18.3. The third-order valence-corrected chi connectivity index (χ3v) is 5.67. The number of morpholine rings is 1. The number of nitrogens with one attached hydrogen (secondary N) is 2. The smallest absolute Gasteiger partial charge is 0.191 e. The summed E-state index contributed by atoms with van der Waals surface area (Å²) in [4.78, 5) is 9.79. The molecule has 1 atom stereocenters. The molecule has 3 rings (SSSR count). The van der Waals surface area contributed by atoms with Gasteiger partial charge < -0.3 is 15.4 Å². The lowest BCUT2D eigenvalue weighted by atomic mass is 10.0. The van der Waals surface area contributed by atoms with Gasteiger partial charge in [-0.3, -0.25) is 14.8 Å². The molecule has 0 aromatic heterocycles. The first kappa shape index (κ1) is 25.3. The van der Waals surface area contributed by atoms with Crippen LogP contribution >= 0.6 is 24.0 Å². The monoisotopic (exact) mass is 533 g/mol. The molecule has 0 amide bonds. The van der Waals surface area contributed by atoms with Gasteiger partial charge >= 0.3 is 0 Å². The Kier molecular flexibility index (Phi) is 11.3. The van der Waals surface area contributed by atoms with E-state index in [4.69, 9.17) is 9.73 Å². The third kappa shape index (κ3) is 7.94. The molecule has 1 saturated heterocycles. The van der Waals surface area contributed by atoms with E-state index < -0.39 is 0 Å². The highest BCUT2D eigenvalue weighted by molar-refractivity contribution is 14.0. The maximum Gasteiger partial charge on any atom is 0.191 e. The van der Waals surface area contributed by atoms with Gasteiger partial charge in [0.15, 0.2) is 5.96 Å². The fraction of sp³-hybridized carbons (Fsp3) is 0.682. The predicted octanol–water partition coefficient (Wildman–Crippen LogP) is 2.86. The van der Waals surface area contributed by atoms with Crippen LogP contribution in [-0.4, -0.2) is 80.8 Å². The summed E-state index contributed by atoms with van der Waals surface area (Å²) in [5.74, 6) is 0.642. The Bertz CT molecular complexity index is 635. The first-order valence-electron chi connectivity index (χ1n) is 11.0. The van der Waals surface area contributed by atoms with Crippen LogP contribution in [0.1, 0.15) is 38.3 Å². The lowest BCUT2D eigenvalue weighted by molar-refractivity contribution is 0.0179. The van der Waals surface area contributed by atoms with Gasteiger partial charge in [0.2, 0.25) is 0 Å². The van der Waals surface area contributed by atoms with Crippen LogP contribution in [0, 0.1) is 5.82 Å². The van der Waals surface area contributed by atoms with Gasteiger partial charge in [-0.25, -0.2) is 4.39 Å². The summed E-state index contributed by atoms with van der Waals surface area (Å²) in [7, 11) is 0. The van der Waals surface area contributed by atoms with E-state index in [0.717, 1.165) is 70.0 Å². The van der Waals surface area contributed by atoms with Gasteiger partial charge in [-0.15, -0.1) is 24.0 Å². The highest BCUT2D eigenvalue weighted by Gasteiger charge is 2.27. The lowest BCUT2D eigenvalue weighted by Gasteiger charge is -2.34. The van der Waals surface area contributed by atoms with Crippen molar-refractivity contribution in [3.8, 4) is 0 Å². The topological polar surface area (TPSA) is 52.1 Å². The standard InChI is InChI=1S/C22H36FN5O.HI/c1-3-24-22(25-11-12-27(4-2)20-9-10-20)26-17-21(28-13-15-29-16-14-28)18-5-7-19(23)8-6-18;/h5-8,20-21H,3-4,9-17H2,1-2H3,(H2,24,25,26);1H. The molecule has 0 bridgehead atoms. The van der Waals surface area contributed by atoms with E-state index in [1.54, 1.807) is 0 Å². The van der Waals surface area contributed by atoms with Gasteiger partial charge in [-0.1, -0.05) is 19.1 Å². The zero-order chi connectivity index (χ0) is 20.5. The number of ether oxygens (including phenoxy) is 1. The number of halogens is 2. The third-order valence-electron chi connectivity index (χ3n) is 5.67. The van der Waals surface area contributed by atoms with Crippen molar-refractivity contribution in [2.75, 3.05) is 59.0 Å². The minimum Gasteiger partial charge on any atom is -0.379 e. The van der Waals surface area contributed by atoms with Crippen molar-refractivity contribution in [3.63, 3.8) is 0 Å². The number of rotatable bonds is 10. The molecule has 2 aliphatic rings. The Balaban J connectivity index is 0.00000320. The van der Waals surface area contributed by atoms with Gasteiger partial charge in [0.1, 0.15) is 5.82 Å². The number of hydrogen-bond acceptors (Lipinski definition) is 4. The first-order valence-corrected chi connectivity index (χ1v) is 11.0. The normalized spacial score (nSPS) is 18.7. The fourth-order valence-electron chi connectivity index (χ4n) is 3.88. The molecule has 1 aliphatic heterocycles. The molecule has 2 N–H and O–H groups in total. The van der Waals surface area contributed by atoms with Crippen molar-refractivity contribution < 1.29 is 9.13 Å². The lowest BCUT2D eigenvalue weighted by Crippen LogP contribution is -2.43. The summed E-state index contributed by atoms with van der Waals surface area (Å²) >= 11 is 0. The Hall–Kier alpha value is -0.970. The second kappa shape index (κ2) is 13.4. The molecule has 1 aromatic rings. The van der Waals surface area contributed by atoms with Crippen LogP contribution in [-0.2, 0) is 4.74 Å². The first-order chi connectivity index (χ1) is 14.2. The molecular formula is C22H37FIN5O. The Morgan fingerprint density at radius 2 is 1.90 bits per heavy atom. The molecule has 30 heavy (non-hydrogen) atoms.